The third-order valence-corrected chi connectivity index (χ3v) is 6.54. The summed E-state index contributed by atoms with van der Waals surface area (Å²) in [6.07, 6.45) is 6.16. The summed E-state index contributed by atoms with van der Waals surface area (Å²) in [7, 11) is 1.86. The first-order valence-corrected chi connectivity index (χ1v) is 9.47. The lowest BCUT2D eigenvalue weighted by Crippen LogP contribution is -2.36. The molecule has 5 heteroatoms. The lowest BCUT2D eigenvalue weighted by Gasteiger charge is -2.30. The first-order valence-electron chi connectivity index (χ1n) is 8.59. The summed E-state index contributed by atoms with van der Waals surface area (Å²) < 4.78 is 5.57. The average molecular weight is 321 g/mol. The van der Waals surface area contributed by atoms with E-state index in [4.69, 9.17) is 4.74 Å². The van der Waals surface area contributed by atoms with Gasteiger partial charge in [-0.25, -0.2) is 4.98 Å². The highest BCUT2D eigenvalue weighted by atomic mass is 32.1. The first-order chi connectivity index (χ1) is 10.8. The van der Waals surface area contributed by atoms with E-state index in [-0.39, 0.29) is 0 Å². The van der Waals surface area contributed by atoms with E-state index >= 15 is 0 Å². The number of likely N-dealkylation sites (tertiary alicyclic amines) is 2. The quantitative estimate of drug-likeness (QED) is 0.804. The van der Waals surface area contributed by atoms with Crippen molar-refractivity contribution in [1.82, 2.24) is 14.8 Å². The molecule has 1 aromatic heterocycles. The number of methoxy groups -OCH3 is 1. The van der Waals surface area contributed by atoms with E-state index < -0.39 is 0 Å². The van der Waals surface area contributed by atoms with E-state index in [9.17, 15) is 0 Å². The maximum atomic E-state index is 5.57. The van der Waals surface area contributed by atoms with Gasteiger partial charge in [0.05, 0.1) is 13.2 Å². The highest BCUT2D eigenvalue weighted by molar-refractivity contribution is 7.09. The summed E-state index contributed by atoms with van der Waals surface area (Å²) >= 11 is 1.78. The summed E-state index contributed by atoms with van der Waals surface area (Å²) in [6.45, 7) is 8.25. The van der Waals surface area contributed by atoms with E-state index in [1.807, 2.05) is 13.3 Å². The van der Waals surface area contributed by atoms with Crippen molar-refractivity contribution < 1.29 is 4.74 Å². The molecular formula is C17H27N3OS. The van der Waals surface area contributed by atoms with Crippen molar-refractivity contribution in [2.75, 3.05) is 46.4 Å². The van der Waals surface area contributed by atoms with Gasteiger partial charge in [-0.05, 0) is 31.7 Å². The number of nitrogens with zero attached hydrogens (tertiary/aromatic N) is 3. The van der Waals surface area contributed by atoms with E-state index in [1.54, 1.807) is 11.3 Å². The molecule has 122 valence electrons. The van der Waals surface area contributed by atoms with Crippen LogP contribution in [0.3, 0.4) is 0 Å². The molecule has 0 amide bonds. The van der Waals surface area contributed by atoms with Crippen molar-refractivity contribution in [3.63, 3.8) is 0 Å². The van der Waals surface area contributed by atoms with Crippen molar-refractivity contribution in [3.05, 3.63) is 16.6 Å². The first kappa shape index (κ1) is 15.1. The second kappa shape index (κ2) is 6.19. The smallest absolute Gasteiger partial charge is 0.107 e. The van der Waals surface area contributed by atoms with Gasteiger partial charge in [0.25, 0.3) is 0 Å². The second-order valence-electron chi connectivity index (χ2n) is 7.54. The molecular weight excluding hydrogens is 294 g/mol. The van der Waals surface area contributed by atoms with Crippen molar-refractivity contribution in [2.45, 2.75) is 25.8 Å². The van der Waals surface area contributed by atoms with Gasteiger partial charge >= 0.3 is 0 Å². The Bertz CT molecular complexity index is 490. The minimum absolute atomic E-state index is 0.460. The molecule has 2 aliphatic heterocycles. The number of hydrogen-bond donors (Lipinski definition) is 0. The fraction of sp³-hybridized carbons (Fsp3) is 0.824. The SMILES string of the molecule is COC[C@@H]1CN(CC2CC2)C[C@]12CCN(Cc1nccs1)C2. The number of aromatic nitrogens is 1. The summed E-state index contributed by atoms with van der Waals surface area (Å²) in [6, 6.07) is 0. The number of thiazole rings is 1. The molecule has 2 saturated heterocycles. The van der Waals surface area contributed by atoms with Crippen LogP contribution < -0.4 is 0 Å². The Kier molecular flexibility index (Phi) is 4.24. The number of ether oxygens (including phenoxy) is 1. The van der Waals surface area contributed by atoms with Gasteiger partial charge in [0.1, 0.15) is 5.01 Å². The van der Waals surface area contributed by atoms with Gasteiger partial charge < -0.3 is 9.64 Å². The second-order valence-corrected chi connectivity index (χ2v) is 8.52. The Hall–Kier alpha value is -0.490. The molecule has 0 bridgehead atoms. The van der Waals surface area contributed by atoms with Crippen LogP contribution in [0.15, 0.2) is 11.6 Å². The summed E-state index contributed by atoms with van der Waals surface area (Å²) in [5.74, 6) is 1.70. The zero-order valence-electron chi connectivity index (χ0n) is 13.5. The molecule has 4 nitrogen and oxygen atoms in total. The normalized spacial score (nSPS) is 33.2. The van der Waals surface area contributed by atoms with Crippen molar-refractivity contribution in [1.29, 1.82) is 0 Å². The van der Waals surface area contributed by atoms with Crippen LogP contribution in [0.25, 0.3) is 0 Å². The van der Waals surface area contributed by atoms with Crippen LogP contribution in [0.2, 0.25) is 0 Å². The Morgan fingerprint density at radius 3 is 2.95 bits per heavy atom. The molecule has 22 heavy (non-hydrogen) atoms. The zero-order chi connectivity index (χ0) is 15.0. The zero-order valence-corrected chi connectivity index (χ0v) is 14.4. The molecule has 0 N–H and O–H groups in total. The van der Waals surface area contributed by atoms with Crippen molar-refractivity contribution in [3.8, 4) is 0 Å². The number of hydrogen-bond acceptors (Lipinski definition) is 5. The van der Waals surface area contributed by atoms with Gasteiger partial charge in [0, 0.05) is 56.2 Å². The molecule has 2 atom stereocenters. The molecule has 3 heterocycles. The number of rotatable bonds is 6. The van der Waals surface area contributed by atoms with Crippen LogP contribution in [0.1, 0.15) is 24.3 Å². The third kappa shape index (κ3) is 3.09. The summed E-state index contributed by atoms with van der Waals surface area (Å²) in [5.41, 5.74) is 0.460. The monoisotopic (exact) mass is 321 g/mol. The van der Waals surface area contributed by atoms with Gasteiger partial charge in [-0.3, -0.25) is 4.90 Å². The molecule has 3 fully saturated rings. The predicted molar refractivity (Wildman–Crippen MR) is 89.0 cm³/mol. The van der Waals surface area contributed by atoms with Crippen LogP contribution in [0, 0.1) is 17.3 Å². The van der Waals surface area contributed by atoms with Crippen molar-refractivity contribution >= 4 is 11.3 Å². The van der Waals surface area contributed by atoms with Gasteiger partial charge in [0.15, 0.2) is 0 Å². The van der Waals surface area contributed by atoms with Gasteiger partial charge in [0.2, 0.25) is 0 Å². The maximum Gasteiger partial charge on any atom is 0.107 e. The molecule has 0 radical (unpaired) electrons. The highest BCUT2D eigenvalue weighted by Gasteiger charge is 2.50. The Balaban J connectivity index is 1.41. The van der Waals surface area contributed by atoms with Crippen molar-refractivity contribution in [2.24, 2.45) is 17.3 Å². The Labute approximate surface area is 137 Å². The minimum atomic E-state index is 0.460. The molecule has 1 aliphatic carbocycles. The lowest BCUT2D eigenvalue weighted by atomic mass is 9.78. The lowest BCUT2D eigenvalue weighted by molar-refractivity contribution is 0.0959. The van der Waals surface area contributed by atoms with Crippen LogP contribution >= 0.6 is 11.3 Å². The minimum Gasteiger partial charge on any atom is -0.384 e. The standard InChI is InChI=1S/C17H27N3OS/c1-21-11-15-9-20(8-14-2-3-14)13-17(15)4-6-19(12-17)10-16-18-5-7-22-16/h5,7,14-15H,2-4,6,8-13H2,1H3/t15-,17+/m0/s1. The van der Waals surface area contributed by atoms with Crippen LogP contribution in [-0.2, 0) is 11.3 Å². The largest absolute Gasteiger partial charge is 0.384 e. The molecule has 3 aliphatic rings. The third-order valence-electron chi connectivity index (χ3n) is 5.77. The van der Waals surface area contributed by atoms with Gasteiger partial charge in [-0.2, -0.15) is 0 Å². The summed E-state index contributed by atoms with van der Waals surface area (Å²) in [4.78, 5) is 9.80. The molecule has 1 aromatic rings. The fourth-order valence-corrected chi connectivity index (χ4v) is 5.14. The van der Waals surface area contributed by atoms with E-state index in [0.29, 0.717) is 11.3 Å². The van der Waals surface area contributed by atoms with E-state index in [1.165, 1.54) is 57.0 Å². The van der Waals surface area contributed by atoms with Gasteiger partial charge in [-0.15, -0.1) is 11.3 Å². The molecule has 0 aromatic carbocycles. The molecule has 4 rings (SSSR count). The van der Waals surface area contributed by atoms with Crippen LogP contribution in [0.4, 0.5) is 0 Å². The highest BCUT2D eigenvalue weighted by Crippen LogP contribution is 2.45. The molecule has 0 unspecified atom stereocenters. The van der Waals surface area contributed by atoms with E-state index in [2.05, 4.69) is 20.2 Å². The van der Waals surface area contributed by atoms with Crippen LogP contribution in [0.5, 0.6) is 0 Å². The Morgan fingerprint density at radius 1 is 1.36 bits per heavy atom. The van der Waals surface area contributed by atoms with Gasteiger partial charge in [-0.1, -0.05) is 0 Å². The fourth-order valence-electron chi connectivity index (χ4n) is 4.48. The van der Waals surface area contributed by atoms with Crippen LogP contribution in [-0.4, -0.2) is 61.2 Å². The Morgan fingerprint density at radius 2 is 2.23 bits per heavy atom. The predicted octanol–water partition coefficient (Wildman–Crippen LogP) is 2.32. The topological polar surface area (TPSA) is 28.6 Å². The maximum absolute atomic E-state index is 5.57. The molecule has 1 saturated carbocycles. The average Bonchev–Trinajstić information content (AvgIpc) is 2.90. The van der Waals surface area contributed by atoms with E-state index in [0.717, 1.165) is 19.1 Å². The molecule has 1 spiro atoms. The summed E-state index contributed by atoms with van der Waals surface area (Å²) in [5, 5.41) is 3.34.